The zero-order chi connectivity index (χ0) is 12.8. The molecule has 3 nitrogen and oxygen atoms in total. The fourth-order valence-corrected chi connectivity index (χ4v) is 2.29. The quantitative estimate of drug-likeness (QED) is 0.799. The van der Waals surface area contributed by atoms with Crippen LogP contribution in [-0.2, 0) is 0 Å². The third kappa shape index (κ3) is 3.84. The highest BCUT2D eigenvalue weighted by Gasteiger charge is 2.16. The van der Waals surface area contributed by atoms with Gasteiger partial charge in [-0.3, -0.25) is 4.98 Å². The Kier molecular flexibility index (Phi) is 4.76. The number of piperidine rings is 1. The number of hydrogen-bond donors (Lipinski definition) is 0. The molecule has 0 radical (unpaired) electrons. The first-order chi connectivity index (χ1) is 8.78. The summed E-state index contributed by atoms with van der Waals surface area (Å²) in [6.45, 7) is 6.92. The number of nitrogens with zero attached hydrogens (tertiary/aromatic N) is 2. The van der Waals surface area contributed by atoms with Crippen LogP contribution >= 0.6 is 0 Å². The molecule has 0 atom stereocenters. The molecule has 0 unspecified atom stereocenters. The maximum Gasteiger partial charge on any atom is 0.137 e. The average molecular weight is 246 g/mol. The molecule has 0 aliphatic carbocycles. The Balaban J connectivity index is 1.69. The minimum Gasteiger partial charge on any atom is -0.492 e. The maximum atomic E-state index is 5.72. The summed E-state index contributed by atoms with van der Waals surface area (Å²) in [6, 6.07) is 3.89. The van der Waals surface area contributed by atoms with Crippen LogP contribution in [0.5, 0.6) is 5.75 Å². The van der Waals surface area contributed by atoms with Gasteiger partial charge in [0.25, 0.3) is 0 Å². The lowest BCUT2D eigenvalue weighted by Gasteiger charge is -2.28. The van der Waals surface area contributed by atoms with E-state index >= 15 is 0 Å². The lowest BCUT2D eigenvalue weighted by molar-refractivity contribution is 0.187. The first-order valence-corrected chi connectivity index (χ1v) is 6.68. The molecule has 0 N–H and O–H groups in total. The van der Waals surface area contributed by atoms with Gasteiger partial charge in [-0.15, -0.1) is 0 Å². The molecule has 1 aliphatic heterocycles. The Labute approximate surface area is 109 Å². The SMILES string of the molecule is C=Cc1ccc(OCCC2CCN(C)CC2)cn1. The zero-order valence-corrected chi connectivity index (χ0v) is 11.1. The summed E-state index contributed by atoms with van der Waals surface area (Å²) in [7, 11) is 2.19. The largest absolute Gasteiger partial charge is 0.492 e. The van der Waals surface area contributed by atoms with Crippen molar-refractivity contribution in [1.29, 1.82) is 0 Å². The van der Waals surface area contributed by atoms with E-state index in [2.05, 4.69) is 23.5 Å². The predicted octanol–water partition coefficient (Wildman–Crippen LogP) is 2.84. The van der Waals surface area contributed by atoms with Gasteiger partial charge in [-0.05, 0) is 63.5 Å². The minimum atomic E-state index is 0.795. The predicted molar refractivity (Wildman–Crippen MR) is 74.7 cm³/mol. The van der Waals surface area contributed by atoms with E-state index in [4.69, 9.17) is 4.74 Å². The van der Waals surface area contributed by atoms with Gasteiger partial charge < -0.3 is 9.64 Å². The molecule has 0 bridgehead atoms. The van der Waals surface area contributed by atoms with E-state index in [0.29, 0.717) is 0 Å². The summed E-state index contributed by atoms with van der Waals surface area (Å²) in [5.74, 6) is 1.68. The van der Waals surface area contributed by atoms with Gasteiger partial charge in [0.1, 0.15) is 5.75 Å². The fourth-order valence-electron chi connectivity index (χ4n) is 2.29. The van der Waals surface area contributed by atoms with Crippen LogP contribution in [-0.4, -0.2) is 36.6 Å². The summed E-state index contributed by atoms with van der Waals surface area (Å²) in [4.78, 5) is 6.62. The van der Waals surface area contributed by atoms with Crippen molar-refractivity contribution in [2.24, 2.45) is 5.92 Å². The summed E-state index contributed by atoms with van der Waals surface area (Å²) < 4.78 is 5.72. The Morgan fingerprint density at radius 1 is 1.44 bits per heavy atom. The molecule has 2 heterocycles. The minimum absolute atomic E-state index is 0.795. The lowest BCUT2D eigenvalue weighted by atomic mass is 9.94. The fraction of sp³-hybridized carbons (Fsp3) is 0.533. The first kappa shape index (κ1) is 13.1. The average Bonchev–Trinajstić information content (AvgIpc) is 2.42. The van der Waals surface area contributed by atoms with Crippen LogP contribution in [0.15, 0.2) is 24.9 Å². The number of likely N-dealkylation sites (tertiary alicyclic amines) is 1. The Morgan fingerprint density at radius 3 is 2.83 bits per heavy atom. The molecule has 1 fully saturated rings. The van der Waals surface area contributed by atoms with Gasteiger partial charge >= 0.3 is 0 Å². The summed E-state index contributed by atoms with van der Waals surface area (Å²) >= 11 is 0. The van der Waals surface area contributed by atoms with E-state index in [1.54, 1.807) is 12.3 Å². The Bertz CT molecular complexity index is 367. The topological polar surface area (TPSA) is 25.4 Å². The van der Waals surface area contributed by atoms with Crippen LogP contribution < -0.4 is 4.74 Å². The highest BCUT2D eigenvalue weighted by molar-refractivity contribution is 5.42. The highest BCUT2D eigenvalue weighted by Crippen LogP contribution is 2.20. The molecule has 0 saturated carbocycles. The van der Waals surface area contributed by atoms with Crippen LogP contribution in [0.3, 0.4) is 0 Å². The van der Waals surface area contributed by atoms with Crippen LogP contribution in [0.1, 0.15) is 25.0 Å². The van der Waals surface area contributed by atoms with E-state index in [-0.39, 0.29) is 0 Å². The number of rotatable bonds is 5. The number of hydrogen-bond acceptors (Lipinski definition) is 3. The van der Waals surface area contributed by atoms with Crippen molar-refractivity contribution in [3.8, 4) is 5.75 Å². The smallest absolute Gasteiger partial charge is 0.137 e. The van der Waals surface area contributed by atoms with Crippen molar-refractivity contribution in [2.45, 2.75) is 19.3 Å². The number of aromatic nitrogens is 1. The van der Waals surface area contributed by atoms with Crippen molar-refractivity contribution in [2.75, 3.05) is 26.7 Å². The van der Waals surface area contributed by atoms with Crippen molar-refractivity contribution >= 4 is 6.08 Å². The molecule has 98 valence electrons. The second-order valence-corrected chi connectivity index (χ2v) is 5.01. The van der Waals surface area contributed by atoms with Gasteiger partial charge in [0.2, 0.25) is 0 Å². The van der Waals surface area contributed by atoms with E-state index in [1.807, 2.05) is 12.1 Å². The molecule has 1 aromatic heterocycles. The van der Waals surface area contributed by atoms with Gasteiger partial charge in [-0.25, -0.2) is 0 Å². The van der Waals surface area contributed by atoms with E-state index < -0.39 is 0 Å². The molecule has 1 aromatic rings. The van der Waals surface area contributed by atoms with Crippen LogP contribution in [0.2, 0.25) is 0 Å². The van der Waals surface area contributed by atoms with Crippen molar-refractivity contribution in [3.05, 3.63) is 30.6 Å². The second-order valence-electron chi connectivity index (χ2n) is 5.01. The number of pyridine rings is 1. The molecule has 0 spiro atoms. The molecule has 0 amide bonds. The van der Waals surface area contributed by atoms with Gasteiger partial charge in [0, 0.05) is 0 Å². The van der Waals surface area contributed by atoms with Crippen LogP contribution in [0.4, 0.5) is 0 Å². The Morgan fingerprint density at radius 2 is 2.22 bits per heavy atom. The molecular formula is C15H22N2O. The second kappa shape index (κ2) is 6.55. The Hall–Kier alpha value is -1.35. The monoisotopic (exact) mass is 246 g/mol. The third-order valence-electron chi connectivity index (χ3n) is 3.60. The molecule has 1 saturated heterocycles. The van der Waals surface area contributed by atoms with E-state index in [0.717, 1.165) is 30.4 Å². The molecule has 3 heteroatoms. The van der Waals surface area contributed by atoms with Crippen LogP contribution in [0, 0.1) is 5.92 Å². The first-order valence-electron chi connectivity index (χ1n) is 6.68. The molecule has 1 aliphatic rings. The molecular weight excluding hydrogens is 224 g/mol. The standard InChI is InChI=1S/C15H22N2O/c1-3-14-4-5-15(12-16-14)18-11-8-13-6-9-17(2)10-7-13/h3-5,12-13H,1,6-11H2,2H3. The van der Waals surface area contributed by atoms with Gasteiger partial charge in [-0.2, -0.15) is 0 Å². The highest BCUT2D eigenvalue weighted by atomic mass is 16.5. The van der Waals surface area contributed by atoms with Crippen molar-refractivity contribution in [1.82, 2.24) is 9.88 Å². The van der Waals surface area contributed by atoms with Gasteiger partial charge in [0.15, 0.2) is 0 Å². The molecule has 2 rings (SSSR count). The van der Waals surface area contributed by atoms with E-state index in [1.165, 1.54) is 25.9 Å². The van der Waals surface area contributed by atoms with Gasteiger partial charge in [-0.1, -0.05) is 6.58 Å². The van der Waals surface area contributed by atoms with E-state index in [9.17, 15) is 0 Å². The number of ether oxygens (including phenoxy) is 1. The molecule has 18 heavy (non-hydrogen) atoms. The van der Waals surface area contributed by atoms with Crippen LogP contribution in [0.25, 0.3) is 6.08 Å². The third-order valence-corrected chi connectivity index (χ3v) is 3.60. The van der Waals surface area contributed by atoms with Crippen molar-refractivity contribution in [3.63, 3.8) is 0 Å². The summed E-state index contributed by atoms with van der Waals surface area (Å²) in [5.41, 5.74) is 0.887. The summed E-state index contributed by atoms with van der Waals surface area (Å²) in [5, 5.41) is 0. The summed E-state index contributed by atoms with van der Waals surface area (Å²) in [6.07, 6.45) is 7.26. The lowest BCUT2D eigenvalue weighted by Crippen LogP contribution is -2.30. The van der Waals surface area contributed by atoms with Crippen molar-refractivity contribution < 1.29 is 4.74 Å². The molecule has 0 aromatic carbocycles. The van der Waals surface area contributed by atoms with Gasteiger partial charge in [0.05, 0.1) is 18.5 Å². The zero-order valence-electron chi connectivity index (χ0n) is 11.1. The normalized spacial score (nSPS) is 17.6. The maximum absolute atomic E-state index is 5.72.